The van der Waals surface area contributed by atoms with Gasteiger partial charge in [0.2, 0.25) is 17.2 Å². The summed E-state index contributed by atoms with van der Waals surface area (Å²) < 4.78 is 56.5. The van der Waals surface area contributed by atoms with E-state index in [0.717, 1.165) is 19.0 Å². The Balaban J connectivity index is 0.000000381. The van der Waals surface area contributed by atoms with Gasteiger partial charge in [0.15, 0.2) is 6.10 Å². The molecule has 0 saturated carbocycles. The van der Waals surface area contributed by atoms with Crippen molar-refractivity contribution in [1.82, 2.24) is 24.1 Å². The maximum Gasteiger partial charge on any atom is 0.431 e. The lowest BCUT2D eigenvalue weighted by Crippen LogP contribution is -2.40. The number of benzene rings is 2. The second-order valence-corrected chi connectivity index (χ2v) is 11.9. The smallest absolute Gasteiger partial charge is 0.431 e. The summed E-state index contributed by atoms with van der Waals surface area (Å²) >= 11 is 5.73. The molecule has 0 aliphatic rings. The van der Waals surface area contributed by atoms with Crippen LogP contribution in [0.3, 0.4) is 0 Å². The first-order valence-corrected chi connectivity index (χ1v) is 16.1. The van der Waals surface area contributed by atoms with Crippen LogP contribution in [0.4, 0.5) is 25.1 Å². The number of nitrogens with zero attached hydrogens (tertiary/aromatic N) is 6. The molecule has 0 aliphatic heterocycles. The summed E-state index contributed by atoms with van der Waals surface area (Å²) in [6, 6.07) is 13.7. The number of methoxy groups -OCH3 is 1. The number of esters is 1. The molecule has 52 heavy (non-hydrogen) atoms. The van der Waals surface area contributed by atoms with Crippen LogP contribution in [-0.4, -0.2) is 55.4 Å². The van der Waals surface area contributed by atoms with E-state index in [1.807, 2.05) is 32.0 Å². The number of hydrogen-bond donors (Lipinski definition) is 2. The molecule has 0 radical (unpaired) electrons. The molecular formula is C34H38ClF3N8O6. The molecule has 2 N–H and O–H groups in total. The summed E-state index contributed by atoms with van der Waals surface area (Å²) in [5.41, 5.74) is -2.56. The standard InChI is InChI=1S/C25H25F3N2O6.C9H13ClN6/c1-5-16-6-7-17(20(12-16)36-15(2)23(32)34-4)14-35-19-10-8-18(9-11-19)30-22(31)13-21(25(26,27)28)29(3)24(30)33;1-4-12-7-13-6(10)14-8(15-7)16-9(2,3)5-11/h6-13,15H,5,14H2,1-4H3;4H2,1-3H3,(H2,12,13,14,15,16). The Hall–Kier alpha value is -5.63. The molecule has 2 heterocycles. The fraction of sp³-hybridized carbons (Fsp3) is 0.382. The van der Waals surface area contributed by atoms with E-state index in [-0.39, 0.29) is 23.5 Å². The Morgan fingerprint density at radius 1 is 1.04 bits per heavy atom. The van der Waals surface area contributed by atoms with E-state index in [1.165, 1.54) is 31.4 Å². The predicted molar refractivity (Wildman–Crippen MR) is 187 cm³/mol. The molecule has 2 aromatic heterocycles. The van der Waals surface area contributed by atoms with E-state index in [2.05, 4.69) is 31.7 Å². The topological polar surface area (TPSA) is 175 Å². The van der Waals surface area contributed by atoms with Gasteiger partial charge in [-0.05, 0) is 81.6 Å². The van der Waals surface area contributed by atoms with Crippen LogP contribution < -0.4 is 31.4 Å². The zero-order chi connectivity index (χ0) is 38.8. The van der Waals surface area contributed by atoms with Crippen molar-refractivity contribution >= 4 is 29.5 Å². The molecule has 0 saturated heterocycles. The average molecular weight is 747 g/mol. The van der Waals surface area contributed by atoms with Crippen molar-refractivity contribution in [2.75, 3.05) is 24.3 Å². The second-order valence-electron chi connectivity index (χ2n) is 11.5. The minimum absolute atomic E-state index is 0.0779. The van der Waals surface area contributed by atoms with E-state index >= 15 is 0 Å². The van der Waals surface area contributed by atoms with Crippen LogP contribution in [-0.2, 0) is 35.8 Å². The lowest BCUT2D eigenvalue weighted by molar-refractivity contribution is -0.148. The van der Waals surface area contributed by atoms with Gasteiger partial charge in [-0.25, -0.2) is 14.2 Å². The highest BCUT2D eigenvalue weighted by atomic mass is 35.5. The first-order valence-electron chi connectivity index (χ1n) is 15.8. The Labute approximate surface area is 302 Å². The van der Waals surface area contributed by atoms with Gasteiger partial charge in [0, 0.05) is 25.2 Å². The minimum atomic E-state index is -4.84. The predicted octanol–water partition coefficient (Wildman–Crippen LogP) is 5.31. The van der Waals surface area contributed by atoms with Gasteiger partial charge in [0.1, 0.15) is 29.3 Å². The quantitative estimate of drug-likeness (QED) is 0.179. The lowest BCUT2D eigenvalue weighted by atomic mass is 10.1. The lowest BCUT2D eigenvalue weighted by Gasteiger charge is -2.17. The van der Waals surface area contributed by atoms with Crippen LogP contribution >= 0.6 is 11.6 Å². The Kier molecular flexibility index (Phi) is 13.8. The average Bonchev–Trinajstić information content (AvgIpc) is 3.09. The number of nitriles is 1. The molecule has 2 aromatic carbocycles. The van der Waals surface area contributed by atoms with Gasteiger partial charge in [-0.2, -0.15) is 33.4 Å². The van der Waals surface area contributed by atoms with Crippen LogP contribution in [0.2, 0.25) is 5.28 Å². The third kappa shape index (κ3) is 10.9. The molecule has 4 aromatic rings. The largest absolute Gasteiger partial charge is 0.489 e. The maximum atomic E-state index is 13.1. The van der Waals surface area contributed by atoms with Gasteiger partial charge in [-0.3, -0.25) is 9.36 Å². The number of halogens is 4. The molecule has 1 atom stereocenters. The number of alkyl halides is 3. The summed E-state index contributed by atoms with van der Waals surface area (Å²) in [5, 5.41) is 14.7. The zero-order valence-electron chi connectivity index (χ0n) is 29.5. The van der Waals surface area contributed by atoms with Crippen molar-refractivity contribution < 1.29 is 32.2 Å². The van der Waals surface area contributed by atoms with Crippen molar-refractivity contribution in [3.05, 3.63) is 91.5 Å². The van der Waals surface area contributed by atoms with Crippen LogP contribution in [0.5, 0.6) is 11.5 Å². The second kappa shape index (κ2) is 17.5. The fourth-order valence-corrected chi connectivity index (χ4v) is 4.55. The van der Waals surface area contributed by atoms with E-state index in [9.17, 15) is 27.6 Å². The van der Waals surface area contributed by atoms with E-state index in [0.29, 0.717) is 44.8 Å². The summed E-state index contributed by atoms with van der Waals surface area (Å²) in [6.45, 7) is 9.67. The van der Waals surface area contributed by atoms with Gasteiger partial charge in [-0.15, -0.1) is 0 Å². The van der Waals surface area contributed by atoms with Gasteiger partial charge >= 0.3 is 17.8 Å². The van der Waals surface area contributed by atoms with Crippen molar-refractivity contribution in [2.45, 2.75) is 65.5 Å². The number of nitrogens with one attached hydrogen (secondary N) is 2. The highest BCUT2D eigenvalue weighted by Crippen LogP contribution is 2.28. The number of hydrogen-bond acceptors (Lipinski definition) is 12. The highest BCUT2D eigenvalue weighted by molar-refractivity contribution is 6.28. The van der Waals surface area contributed by atoms with Crippen molar-refractivity contribution in [2.24, 2.45) is 7.05 Å². The highest BCUT2D eigenvalue weighted by Gasteiger charge is 2.35. The van der Waals surface area contributed by atoms with Crippen molar-refractivity contribution in [3.63, 3.8) is 0 Å². The number of carbonyl (C=O) groups excluding carboxylic acids is 1. The molecule has 14 nitrogen and oxygen atoms in total. The molecule has 0 bridgehead atoms. The third-order valence-electron chi connectivity index (χ3n) is 7.12. The number of ether oxygens (including phenoxy) is 3. The Morgan fingerprint density at radius 3 is 2.27 bits per heavy atom. The molecular weight excluding hydrogens is 709 g/mol. The van der Waals surface area contributed by atoms with Crippen LogP contribution in [0, 0.1) is 11.3 Å². The van der Waals surface area contributed by atoms with Crippen molar-refractivity contribution in [3.8, 4) is 23.3 Å². The molecule has 18 heteroatoms. The molecule has 278 valence electrons. The van der Waals surface area contributed by atoms with Crippen LogP contribution in [0.1, 0.15) is 51.4 Å². The number of carbonyl (C=O) groups is 1. The molecule has 0 amide bonds. The number of aromatic nitrogens is 5. The SMILES string of the molecule is CCNc1nc(Cl)nc(NC(C)(C)C#N)n1.CCc1ccc(COc2ccc(-n3c(=O)cc(C(F)(F)F)n(C)c3=O)cc2)c(OC(C)C(=O)OC)c1. The summed E-state index contributed by atoms with van der Waals surface area (Å²) in [5.74, 6) is 0.982. The number of anilines is 2. The van der Waals surface area contributed by atoms with E-state index in [4.69, 9.17) is 31.1 Å². The third-order valence-corrected chi connectivity index (χ3v) is 7.29. The number of rotatable bonds is 12. The first kappa shape index (κ1) is 40.8. The Bertz CT molecular complexity index is 2030. The first-order chi connectivity index (χ1) is 24.4. The van der Waals surface area contributed by atoms with Crippen LogP contribution in [0.25, 0.3) is 5.69 Å². The summed E-state index contributed by atoms with van der Waals surface area (Å²) in [7, 11) is 2.22. The fourth-order valence-electron chi connectivity index (χ4n) is 4.39. The van der Waals surface area contributed by atoms with Crippen LogP contribution in [0.15, 0.2) is 58.1 Å². The summed E-state index contributed by atoms with van der Waals surface area (Å²) in [4.78, 5) is 48.3. The normalized spacial score (nSPS) is 11.7. The minimum Gasteiger partial charge on any atom is -0.489 e. The molecule has 4 rings (SSSR count). The van der Waals surface area contributed by atoms with E-state index in [1.54, 1.807) is 20.8 Å². The Morgan fingerprint density at radius 2 is 1.69 bits per heavy atom. The molecule has 0 spiro atoms. The van der Waals surface area contributed by atoms with E-state index < -0.39 is 40.7 Å². The van der Waals surface area contributed by atoms with Gasteiger partial charge in [0.05, 0.1) is 18.9 Å². The maximum absolute atomic E-state index is 13.1. The zero-order valence-corrected chi connectivity index (χ0v) is 30.2. The van der Waals surface area contributed by atoms with Crippen molar-refractivity contribution in [1.29, 1.82) is 5.26 Å². The monoisotopic (exact) mass is 746 g/mol. The van der Waals surface area contributed by atoms with Gasteiger partial charge in [0.25, 0.3) is 5.56 Å². The molecule has 0 aliphatic carbocycles. The molecule has 0 fully saturated rings. The van der Waals surface area contributed by atoms with Gasteiger partial charge in [-0.1, -0.05) is 19.1 Å². The van der Waals surface area contributed by atoms with Gasteiger partial charge < -0.3 is 24.8 Å². The summed E-state index contributed by atoms with van der Waals surface area (Å²) in [6.07, 6.45) is -4.91. The molecule has 1 unspecified atom stereocenters. The number of aryl methyl sites for hydroxylation is 1.